The van der Waals surface area contributed by atoms with Crippen LogP contribution < -0.4 is 35.4 Å². The number of aryl methyl sites for hydroxylation is 2. The summed E-state index contributed by atoms with van der Waals surface area (Å²) >= 11 is 0. The number of methoxy groups -OCH3 is 1. The number of aliphatic hydroxyl groups excluding tert-OH is 2. The minimum Gasteiger partial charge on any atom is -0.508 e. The van der Waals surface area contributed by atoms with Crippen LogP contribution in [0.4, 0.5) is 0 Å². The summed E-state index contributed by atoms with van der Waals surface area (Å²) in [6, 6.07) is 26.5. The van der Waals surface area contributed by atoms with E-state index in [0.717, 1.165) is 86.8 Å². The molecule has 3 heterocycles. The maximum atomic E-state index is 11.3. The Bertz CT molecular complexity index is 2580. The molecule has 0 bridgehead atoms. The lowest BCUT2D eigenvalue weighted by Crippen LogP contribution is -2.55. The zero-order valence-electron chi connectivity index (χ0n) is 36.3. The summed E-state index contributed by atoms with van der Waals surface area (Å²) in [5.41, 5.74) is 9.22. The molecule has 9 rings (SSSR count). The average molecular weight is 854 g/mol. The fraction of sp³-hybridized carbons (Fsp3) is 0.404. The van der Waals surface area contributed by atoms with Gasteiger partial charge in [-0.15, -0.1) is 0 Å². The van der Waals surface area contributed by atoms with Crippen molar-refractivity contribution in [3.05, 3.63) is 134 Å². The van der Waals surface area contributed by atoms with Gasteiger partial charge in [0.25, 0.3) is 0 Å². The van der Waals surface area contributed by atoms with Gasteiger partial charge in [-0.2, -0.15) is 0 Å². The molecular weight excluding hydrogens is 795 g/mol. The fourth-order valence-electron chi connectivity index (χ4n) is 10.3. The maximum Gasteiger partial charge on any atom is 0.161 e. The number of ether oxygens (including phenoxy) is 4. The van der Waals surface area contributed by atoms with E-state index in [4.69, 9.17) is 18.9 Å². The van der Waals surface area contributed by atoms with Crippen molar-refractivity contribution in [2.45, 2.75) is 81.5 Å². The summed E-state index contributed by atoms with van der Waals surface area (Å²) in [4.78, 5) is 4.62. The van der Waals surface area contributed by atoms with E-state index in [1.807, 2.05) is 37.4 Å². The second-order valence-corrected chi connectivity index (χ2v) is 17.5. The van der Waals surface area contributed by atoms with Crippen LogP contribution in [0.2, 0.25) is 0 Å². The highest BCUT2D eigenvalue weighted by molar-refractivity contribution is 5.85. The Kier molecular flexibility index (Phi) is 12.7. The van der Waals surface area contributed by atoms with E-state index < -0.39 is 11.7 Å². The number of phenols is 2. The van der Waals surface area contributed by atoms with Crippen LogP contribution in [0.1, 0.15) is 75.8 Å². The van der Waals surface area contributed by atoms with E-state index >= 15 is 0 Å². The molecule has 11 heteroatoms. The summed E-state index contributed by atoms with van der Waals surface area (Å²) in [6.07, 6.45) is 7.10. The monoisotopic (exact) mass is 853 g/mol. The van der Waals surface area contributed by atoms with E-state index in [9.17, 15) is 20.4 Å². The molecule has 5 aromatic rings. The number of rotatable bonds is 17. The lowest BCUT2D eigenvalue weighted by molar-refractivity contribution is -0.128. The Morgan fingerprint density at radius 3 is 2.57 bits per heavy atom. The first kappa shape index (κ1) is 42.9. The summed E-state index contributed by atoms with van der Waals surface area (Å²) in [7, 11) is 3.42. The van der Waals surface area contributed by atoms with E-state index in [1.54, 1.807) is 13.2 Å². The zero-order valence-corrected chi connectivity index (χ0v) is 36.3. The number of nitrogens with zero attached hydrogens (tertiary/aromatic N) is 1. The van der Waals surface area contributed by atoms with E-state index in [2.05, 4.69) is 64.2 Å². The molecule has 11 nitrogen and oxygen atoms in total. The number of phenolic OH excluding ortho intramolecular Hbond substituents is 2. The number of hydrogen-bond donors (Lipinski definition) is 6. The van der Waals surface area contributed by atoms with Crippen LogP contribution in [-0.4, -0.2) is 85.9 Å². The largest absolute Gasteiger partial charge is 0.508 e. The number of nitrogens with one attached hydrogen (secondary N) is 2. The normalized spacial score (nSPS) is 20.5. The summed E-state index contributed by atoms with van der Waals surface area (Å²) in [5.74, 6) is 2.12. The van der Waals surface area contributed by atoms with Crippen LogP contribution in [0.25, 0.3) is 17.2 Å². The van der Waals surface area contributed by atoms with Crippen LogP contribution in [0.5, 0.6) is 28.7 Å². The summed E-state index contributed by atoms with van der Waals surface area (Å²) < 4.78 is 27.2. The van der Waals surface area contributed by atoms with Gasteiger partial charge in [0.05, 0.1) is 32.3 Å². The molecule has 0 saturated carbocycles. The van der Waals surface area contributed by atoms with Crippen molar-refractivity contribution < 1.29 is 39.4 Å². The molecule has 330 valence electrons. The second kappa shape index (κ2) is 18.7. The van der Waals surface area contributed by atoms with Gasteiger partial charge < -0.3 is 44.7 Å². The number of aliphatic hydroxyl groups is 2. The third-order valence-corrected chi connectivity index (χ3v) is 13.3. The number of hydrogen-bond acceptors (Lipinski definition) is 11. The fourth-order valence-corrected chi connectivity index (χ4v) is 10.3. The molecule has 6 N–H and O–H groups in total. The predicted octanol–water partition coefficient (Wildman–Crippen LogP) is 5.51. The Hall–Kier alpha value is -5.43. The Balaban J connectivity index is 1.20. The Morgan fingerprint density at radius 1 is 0.889 bits per heavy atom. The molecule has 0 aromatic heterocycles. The zero-order chi connectivity index (χ0) is 43.5. The molecule has 63 heavy (non-hydrogen) atoms. The molecule has 4 atom stereocenters. The maximum absolute atomic E-state index is 11.3. The molecule has 0 saturated heterocycles. The van der Waals surface area contributed by atoms with Crippen molar-refractivity contribution in [2.24, 2.45) is 4.99 Å². The van der Waals surface area contributed by atoms with Crippen molar-refractivity contribution in [3.63, 3.8) is 0 Å². The minimum absolute atomic E-state index is 0.0159. The van der Waals surface area contributed by atoms with Crippen molar-refractivity contribution in [1.29, 1.82) is 0 Å². The van der Waals surface area contributed by atoms with Gasteiger partial charge in [0.15, 0.2) is 17.6 Å². The Labute approximate surface area is 369 Å². The predicted molar refractivity (Wildman–Crippen MR) is 243 cm³/mol. The van der Waals surface area contributed by atoms with Crippen LogP contribution >= 0.6 is 0 Å². The molecule has 0 spiro atoms. The number of benzene rings is 5. The molecule has 5 aromatic carbocycles. The van der Waals surface area contributed by atoms with Crippen molar-refractivity contribution in [3.8, 4) is 39.9 Å². The molecule has 1 aliphatic carbocycles. The van der Waals surface area contributed by atoms with E-state index in [0.29, 0.717) is 62.9 Å². The van der Waals surface area contributed by atoms with Gasteiger partial charge in [0, 0.05) is 36.3 Å². The highest BCUT2D eigenvalue weighted by Gasteiger charge is 2.50. The molecule has 3 aliphatic heterocycles. The van der Waals surface area contributed by atoms with Crippen LogP contribution in [0, 0.1) is 0 Å². The highest BCUT2D eigenvalue weighted by Crippen LogP contribution is 2.58. The lowest BCUT2D eigenvalue weighted by Gasteiger charge is -2.47. The van der Waals surface area contributed by atoms with Crippen LogP contribution in [0.3, 0.4) is 0 Å². The summed E-state index contributed by atoms with van der Waals surface area (Å²) in [5, 5.41) is 51.8. The molecular formula is C52H59N3O8. The van der Waals surface area contributed by atoms with Gasteiger partial charge in [-0.1, -0.05) is 48.5 Å². The van der Waals surface area contributed by atoms with Crippen molar-refractivity contribution in [2.75, 3.05) is 53.7 Å². The third-order valence-electron chi connectivity index (χ3n) is 13.3. The van der Waals surface area contributed by atoms with E-state index in [1.165, 1.54) is 11.1 Å². The van der Waals surface area contributed by atoms with Crippen molar-refractivity contribution in [1.82, 2.24) is 10.6 Å². The van der Waals surface area contributed by atoms with Gasteiger partial charge in [0.2, 0.25) is 0 Å². The standard InChI is InChI=1S/C52H59N3O8/c1-53-31-61-52(30-54-19-6-10-32-8-4-3-5-9-32)28-44-43-25-36(23-33-12-17-45-34(22-33)18-20-55-45)42-27-38(58)13-15-40(42)47(43)50-41(16-14-39(29-57)62-50)49(44)63-51(52)37-24-35(11-7-21-56)48(59)46(26-37)60-2/h3-5,8-9,12-13,15,17-18,22,24,26-27,36,39,51,53-54,56-59H,6-7,10-11,14,16,19-21,23,25,28-31H2,1-2H3/t36-,39+,51+,52-/m0/s1. The molecule has 4 aliphatic rings. The highest BCUT2D eigenvalue weighted by atomic mass is 16.6. The van der Waals surface area contributed by atoms with Gasteiger partial charge in [0.1, 0.15) is 29.0 Å². The van der Waals surface area contributed by atoms with Crippen molar-refractivity contribution >= 4 is 6.08 Å². The SMILES string of the molecule is CNCO[C@]1(CNCCCc2ccccc2)Cc2c3c(c4c(c2O[C@@H]1c1cc(CCCO)c(O)c(OC)c1)CC[C@H](CO)O4)-c1ccc(O)cc1[C@@H](Cc1ccc2c(c1)=CCN=2)C3. The third kappa shape index (κ3) is 8.53. The number of fused-ring (bicyclic) bond motifs is 9. The second-order valence-electron chi connectivity index (χ2n) is 17.5. The molecule has 0 fully saturated rings. The van der Waals surface area contributed by atoms with Gasteiger partial charge in [-0.05, 0) is 151 Å². The number of aromatic hydroxyl groups is 2. The minimum atomic E-state index is -0.950. The first-order valence-electron chi connectivity index (χ1n) is 22.5. The topological polar surface area (TPSA) is 154 Å². The quantitative estimate of drug-likeness (QED) is 0.0522. The molecule has 0 amide bonds. The smallest absolute Gasteiger partial charge is 0.161 e. The first-order valence-corrected chi connectivity index (χ1v) is 22.5. The van der Waals surface area contributed by atoms with Gasteiger partial charge in [-0.3, -0.25) is 10.3 Å². The molecule has 0 radical (unpaired) electrons. The average Bonchev–Trinajstić information content (AvgIpc) is 3.79. The van der Waals surface area contributed by atoms with Gasteiger partial charge in [-0.25, -0.2) is 0 Å². The Morgan fingerprint density at radius 2 is 1.76 bits per heavy atom. The van der Waals surface area contributed by atoms with Gasteiger partial charge >= 0.3 is 0 Å². The molecule has 0 unspecified atom stereocenters. The first-order chi connectivity index (χ1) is 30.8. The van der Waals surface area contributed by atoms with E-state index in [-0.39, 0.29) is 43.5 Å². The lowest BCUT2D eigenvalue weighted by atomic mass is 9.70. The summed E-state index contributed by atoms with van der Waals surface area (Å²) in [6.45, 7) is 2.04. The van der Waals surface area contributed by atoms with Crippen LogP contribution in [0.15, 0.2) is 83.9 Å². The van der Waals surface area contributed by atoms with Crippen LogP contribution in [-0.2, 0) is 43.3 Å².